The minimum Gasteiger partial charge on any atom is -0.444 e. The summed E-state index contributed by atoms with van der Waals surface area (Å²) in [5, 5.41) is -0.198. The van der Waals surface area contributed by atoms with Crippen LogP contribution in [0.1, 0.15) is 5.56 Å². The highest BCUT2D eigenvalue weighted by atomic mass is 32.1. The number of aromatic nitrogens is 4. The van der Waals surface area contributed by atoms with Gasteiger partial charge in [0.15, 0.2) is 0 Å². The van der Waals surface area contributed by atoms with Crippen molar-refractivity contribution >= 4 is 98.5 Å². The number of thiophene rings is 2. The average Bonchev–Trinajstić information content (AvgIpc) is 3.90. The van der Waals surface area contributed by atoms with Crippen molar-refractivity contribution in [1.29, 1.82) is 0 Å². The maximum absolute atomic E-state index is 14.4. The number of rotatable bonds is 4. The van der Waals surface area contributed by atoms with Crippen LogP contribution in [0.25, 0.3) is 62.9 Å². The Hall–Kier alpha value is -5.57. The van der Waals surface area contributed by atoms with Crippen molar-refractivity contribution in [3.05, 3.63) is 122 Å². The van der Waals surface area contributed by atoms with E-state index in [0.717, 1.165) is 48.4 Å². The lowest BCUT2D eigenvalue weighted by Crippen LogP contribution is -2.30. The second-order valence-corrected chi connectivity index (χ2v) is 13.5. The van der Waals surface area contributed by atoms with Gasteiger partial charge >= 0.3 is 6.09 Å². The fourth-order valence-corrected chi connectivity index (χ4v) is 8.94. The van der Waals surface area contributed by atoms with Crippen molar-refractivity contribution in [2.24, 2.45) is 4.99 Å². The molecule has 0 aliphatic carbocycles. The summed E-state index contributed by atoms with van der Waals surface area (Å²) in [6.45, 7) is 0.106. The molecule has 5 heterocycles. The Kier molecular flexibility index (Phi) is 6.40. The van der Waals surface area contributed by atoms with Crippen LogP contribution in [0.2, 0.25) is 0 Å². The number of fused-ring (bicyclic) bond motifs is 7. The summed E-state index contributed by atoms with van der Waals surface area (Å²) in [7, 11) is 0. The molecule has 14 heteroatoms. The lowest BCUT2D eigenvalue weighted by atomic mass is 10.2. The van der Waals surface area contributed by atoms with Crippen LogP contribution < -0.4 is 16.2 Å². The molecule has 0 spiro atoms. The SMILES string of the molecule is O=C(OCc1ccccc1)n1c2cc(-c3ncc(/N=c4\c(=O)c(=O)c5c(F)cc(F)cc45)c4nsnc34)sc2c2sc3ccccc3c21. The number of hydrogen-bond donors (Lipinski definition) is 0. The van der Waals surface area contributed by atoms with E-state index in [0.29, 0.717) is 33.2 Å². The van der Waals surface area contributed by atoms with Crippen molar-refractivity contribution < 1.29 is 18.3 Å². The molecule has 0 atom stereocenters. The van der Waals surface area contributed by atoms with Gasteiger partial charge < -0.3 is 4.74 Å². The number of pyridine rings is 1. The number of ether oxygens (including phenoxy) is 1. The maximum atomic E-state index is 14.4. The van der Waals surface area contributed by atoms with Gasteiger partial charge in [-0.2, -0.15) is 8.75 Å². The molecule has 5 aromatic heterocycles. The van der Waals surface area contributed by atoms with Crippen molar-refractivity contribution in [3.63, 3.8) is 0 Å². The van der Waals surface area contributed by atoms with Crippen molar-refractivity contribution in [2.45, 2.75) is 6.61 Å². The number of hydrogen-bond acceptors (Lipinski definition) is 11. The molecule has 0 unspecified atom stereocenters. The van der Waals surface area contributed by atoms with E-state index in [-0.39, 0.29) is 17.7 Å². The number of halogens is 2. The van der Waals surface area contributed by atoms with E-state index in [4.69, 9.17) is 4.74 Å². The summed E-state index contributed by atoms with van der Waals surface area (Å²) in [5.41, 5.74) is 1.37. The number of benzene rings is 3. The molecule has 232 valence electrons. The van der Waals surface area contributed by atoms with Gasteiger partial charge in [0.25, 0.3) is 5.43 Å². The third kappa shape index (κ3) is 4.26. The Morgan fingerprint density at radius 1 is 0.875 bits per heavy atom. The van der Waals surface area contributed by atoms with Crippen molar-refractivity contribution in [2.75, 3.05) is 0 Å². The molecule has 48 heavy (non-hydrogen) atoms. The predicted octanol–water partition coefficient (Wildman–Crippen LogP) is 7.58. The number of carbonyl (C=O) groups is 1. The van der Waals surface area contributed by atoms with Gasteiger partial charge in [0.2, 0.25) is 5.43 Å². The molecule has 0 saturated heterocycles. The Labute approximate surface area is 278 Å². The van der Waals surface area contributed by atoms with E-state index in [2.05, 4.69) is 18.7 Å². The molecule has 0 aliphatic heterocycles. The second-order valence-electron chi connectivity index (χ2n) is 10.9. The first-order valence-corrected chi connectivity index (χ1v) is 16.7. The van der Waals surface area contributed by atoms with Gasteiger partial charge in [0.05, 0.1) is 48.6 Å². The fraction of sp³-hybridized carbons (Fsp3) is 0.0294. The lowest BCUT2D eigenvalue weighted by molar-refractivity contribution is 0.143. The highest BCUT2D eigenvalue weighted by Crippen LogP contribution is 2.47. The fourth-order valence-electron chi connectivity index (χ4n) is 5.92. The monoisotopic (exact) mass is 691 g/mol. The van der Waals surface area contributed by atoms with Gasteiger partial charge in [-0.1, -0.05) is 48.5 Å². The van der Waals surface area contributed by atoms with E-state index in [9.17, 15) is 23.2 Å². The van der Waals surface area contributed by atoms with Gasteiger partial charge in [-0.25, -0.2) is 23.1 Å². The quantitative estimate of drug-likeness (QED) is 0.175. The summed E-state index contributed by atoms with van der Waals surface area (Å²) in [4.78, 5) is 48.7. The van der Waals surface area contributed by atoms with Crippen LogP contribution >= 0.6 is 34.4 Å². The molecular formula is C34H15F2N5O4S3. The van der Waals surface area contributed by atoms with Crippen molar-refractivity contribution in [3.8, 4) is 10.6 Å². The molecule has 0 radical (unpaired) electrons. The van der Waals surface area contributed by atoms with E-state index < -0.39 is 39.3 Å². The van der Waals surface area contributed by atoms with Crippen LogP contribution in [-0.4, -0.2) is 24.4 Å². The van der Waals surface area contributed by atoms with Gasteiger partial charge in [-0.3, -0.25) is 14.6 Å². The third-order valence-electron chi connectivity index (χ3n) is 8.04. The minimum atomic E-state index is -1.13. The first-order valence-electron chi connectivity index (χ1n) is 14.3. The Bertz CT molecular complexity index is 2960. The molecule has 0 fully saturated rings. The van der Waals surface area contributed by atoms with E-state index in [1.165, 1.54) is 17.5 Å². The molecule has 9 rings (SSSR count). The zero-order chi connectivity index (χ0) is 32.7. The van der Waals surface area contributed by atoms with Crippen molar-refractivity contribution in [1.82, 2.24) is 18.3 Å². The minimum absolute atomic E-state index is 0.106. The topological polar surface area (TPSA) is 116 Å². The van der Waals surface area contributed by atoms with E-state index >= 15 is 0 Å². The normalized spacial score (nSPS) is 12.4. The van der Waals surface area contributed by atoms with Gasteiger partial charge in [-0.15, -0.1) is 22.7 Å². The standard InChI is InChI=1S/C34H15F2N5O4S3/c35-16-10-18-24(19(36)11-16)30(42)31(43)25(18)38-20-13-37-27(28-26(20)39-48-40-28)23-12-21-32(47-23)33-29(17-8-4-5-9-22(17)46-33)41(21)34(44)45-14-15-6-2-1-3-7-15/h1-13H,14H2/b38-25-. The van der Waals surface area contributed by atoms with Gasteiger partial charge in [0.1, 0.15) is 46.0 Å². The van der Waals surface area contributed by atoms with Gasteiger partial charge in [0, 0.05) is 21.5 Å². The molecule has 4 aromatic carbocycles. The van der Waals surface area contributed by atoms with Crippen LogP contribution in [0.3, 0.4) is 0 Å². The summed E-state index contributed by atoms with van der Waals surface area (Å²) in [5.74, 6) is -2.08. The van der Waals surface area contributed by atoms with Crippen LogP contribution in [0.15, 0.2) is 93.6 Å². The number of nitrogens with zero attached hydrogens (tertiary/aromatic N) is 5. The molecule has 9 nitrogen and oxygen atoms in total. The number of carbonyl (C=O) groups excluding carboxylic acids is 1. The zero-order valence-corrected chi connectivity index (χ0v) is 26.5. The highest BCUT2D eigenvalue weighted by Gasteiger charge is 2.26. The smallest absolute Gasteiger partial charge is 0.419 e. The van der Waals surface area contributed by atoms with E-state index in [1.54, 1.807) is 15.9 Å². The Morgan fingerprint density at radius 2 is 1.67 bits per heavy atom. The lowest BCUT2D eigenvalue weighted by Gasteiger charge is -2.07. The maximum Gasteiger partial charge on any atom is 0.419 e. The average molecular weight is 692 g/mol. The second kappa shape index (κ2) is 10.7. The van der Waals surface area contributed by atoms with Crippen LogP contribution in [0, 0.1) is 11.6 Å². The molecule has 0 bridgehead atoms. The highest BCUT2D eigenvalue weighted by molar-refractivity contribution is 7.32. The predicted molar refractivity (Wildman–Crippen MR) is 183 cm³/mol. The third-order valence-corrected chi connectivity index (χ3v) is 11.0. The molecular weight excluding hydrogens is 677 g/mol. The first kappa shape index (κ1) is 28.6. The molecule has 0 N–H and O–H groups in total. The summed E-state index contributed by atoms with van der Waals surface area (Å²) < 4.78 is 47.5. The largest absolute Gasteiger partial charge is 0.444 e. The van der Waals surface area contributed by atoms with Crippen LogP contribution in [-0.2, 0) is 11.3 Å². The molecule has 9 aromatic rings. The summed E-state index contributed by atoms with van der Waals surface area (Å²) >= 11 is 3.92. The summed E-state index contributed by atoms with van der Waals surface area (Å²) in [6, 6.07) is 20.6. The van der Waals surface area contributed by atoms with E-state index in [1.807, 2.05) is 60.7 Å². The van der Waals surface area contributed by atoms with Crippen LogP contribution in [0.4, 0.5) is 19.3 Å². The summed E-state index contributed by atoms with van der Waals surface area (Å²) in [6.07, 6.45) is 0.856. The first-order chi connectivity index (χ1) is 23.4. The Balaban J connectivity index is 1.21. The molecule has 0 saturated carbocycles. The zero-order valence-electron chi connectivity index (χ0n) is 24.1. The van der Waals surface area contributed by atoms with Gasteiger partial charge in [-0.05, 0) is 23.8 Å². The van der Waals surface area contributed by atoms with Crippen LogP contribution in [0.5, 0.6) is 0 Å². The Morgan fingerprint density at radius 3 is 2.52 bits per heavy atom. The molecule has 0 aliphatic rings. The molecule has 0 amide bonds.